The van der Waals surface area contributed by atoms with Gasteiger partial charge in [-0.1, -0.05) is 39.3 Å². The van der Waals surface area contributed by atoms with E-state index < -0.39 is 34.9 Å². The van der Waals surface area contributed by atoms with Crippen molar-refractivity contribution < 1.29 is 24.5 Å². The molecule has 28 heavy (non-hydrogen) atoms. The first-order valence-electron chi connectivity index (χ1n) is 9.55. The smallest absolute Gasteiger partial charge is 0.336 e. The van der Waals surface area contributed by atoms with Crippen LogP contribution in [0.4, 0.5) is 0 Å². The summed E-state index contributed by atoms with van der Waals surface area (Å²) in [5.74, 6) is -1.68. The molecule has 0 saturated heterocycles. The monoisotopic (exact) mass is 388 g/mol. The molecule has 0 bridgehead atoms. The van der Waals surface area contributed by atoms with Gasteiger partial charge in [0.25, 0.3) is 0 Å². The molecule has 0 radical (unpaired) electrons. The fourth-order valence-electron chi connectivity index (χ4n) is 3.20. The number of benzene rings is 1. The molecule has 0 aliphatic carbocycles. The first kappa shape index (κ1) is 21.7. The Bertz CT molecular complexity index is 969. The third-order valence-corrected chi connectivity index (χ3v) is 5.11. The van der Waals surface area contributed by atoms with E-state index >= 15 is 0 Å². The molecule has 1 aromatic heterocycles. The molecule has 0 spiro atoms. The Balaban J connectivity index is 2.96. The maximum Gasteiger partial charge on any atom is 0.336 e. The highest BCUT2D eigenvalue weighted by Gasteiger charge is 2.30. The maximum absolute atomic E-state index is 12.9. The van der Waals surface area contributed by atoms with Crippen LogP contribution in [0.1, 0.15) is 62.0 Å². The fraction of sp³-hybridized carbons (Fsp3) is 0.455. The van der Waals surface area contributed by atoms with Crippen molar-refractivity contribution in [2.24, 2.45) is 5.92 Å². The molecule has 152 valence electrons. The number of carbonyl (C=O) groups is 1. The number of rotatable bonds is 8. The lowest BCUT2D eigenvalue weighted by molar-refractivity contribution is 0.0921. The highest BCUT2D eigenvalue weighted by atomic mass is 16.4. The van der Waals surface area contributed by atoms with Crippen LogP contribution in [0.3, 0.4) is 0 Å². The fourth-order valence-corrected chi connectivity index (χ4v) is 3.20. The third kappa shape index (κ3) is 3.97. The van der Waals surface area contributed by atoms with Gasteiger partial charge in [0.05, 0.1) is 11.5 Å². The molecule has 2 aromatic rings. The van der Waals surface area contributed by atoms with Gasteiger partial charge >= 0.3 is 5.63 Å². The zero-order valence-corrected chi connectivity index (χ0v) is 16.8. The van der Waals surface area contributed by atoms with Crippen molar-refractivity contribution in [3.05, 3.63) is 45.3 Å². The molecule has 0 aliphatic heterocycles. The summed E-state index contributed by atoms with van der Waals surface area (Å²) < 4.78 is 5.32. The van der Waals surface area contributed by atoms with Crippen molar-refractivity contribution in [2.75, 3.05) is 0 Å². The summed E-state index contributed by atoms with van der Waals surface area (Å²) >= 11 is 0. The van der Waals surface area contributed by atoms with Crippen molar-refractivity contribution in [1.82, 2.24) is 0 Å². The second kappa shape index (κ2) is 8.61. The SMILES string of the molecule is C=C(C)[C@@H](O)Cc1c(O)c(C(=O)[C@H](C)CC)c(O)c2c(CCC)cc(=O)oc12. The number of phenolic OH excluding ortho intramolecular Hbond substituents is 2. The highest BCUT2D eigenvalue weighted by molar-refractivity contribution is 6.09. The average Bonchev–Trinajstić information content (AvgIpc) is 2.63. The number of carbonyl (C=O) groups excluding carboxylic acids is 1. The van der Waals surface area contributed by atoms with Crippen LogP contribution in [-0.2, 0) is 12.8 Å². The Morgan fingerprint density at radius 3 is 2.43 bits per heavy atom. The normalized spacial score (nSPS) is 13.5. The van der Waals surface area contributed by atoms with Crippen LogP contribution in [0.5, 0.6) is 11.5 Å². The lowest BCUT2D eigenvalue weighted by Gasteiger charge is -2.19. The van der Waals surface area contributed by atoms with Crippen LogP contribution in [0.15, 0.2) is 27.4 Å². The van der Waals surface area contributed by atoms with Crippen LogP contribution in [0, 0.1) is 5.92 Å². The molecule has 1 heterocycles. The van der Waals surface area contributed by atoms with Gasteiger partial charge in [0.15, 0.2) is 5.78 Å². The third-order valence-electron chi connectivity index (χ3n) is 5.11. The van der Waals surface area contributed by atoms with Crippen LogP contribution in [-0.4, -0.2) is 27.2 Å². The Morgan fingerprint density at radius 1 is 1.25 bits per heavy atom. The van der Waals surface area contributed by atoms with E-state index in [4.69, 9.17) is 4.42 Å². The van der Waals surface area contributed by atoms with Gasteiger partial charge in [-0.05, 0) is 25.3 Å². The molecule has 0 amide bonds. The quantitative estimate of drug-likeness (QED) is 0.360. The predicted octanol–water partition coefficient (Wildman–Crippen LogP) is 3.87. The molecule has 0 unspecified atom stereocenters. The molecular formula is C22H28O6. The van der Waals surface area contributed by atoms with Crippen LogP contribution in [0.2, 0.25) is 0 Å². The second-order valence-corrected chi connectivity index (χ2v) is 7.34. The van der Waals surface area contributed by atoms with E-state index in [2.05, 4.69) is 6.58 Å². The zero-order valence-electron chi connectivity index (χ0n) is 16.8. The van der Waals surface area contributed by atoms with Gasteiger partial charge in [-0.15, -0.1) is 0 Å². The lowest BCUT2D eigenvalue weighted by Crippen LogP contribution is -2.16. The Morgan fingerprint density at radius 2 is 1.89 bits per heavy atom. The Hall–Kier alpha value is -2.60. The first-order valence-corrected chi connectivity index (χ1v) is 9.55. The van der Waals surface area contributed by atoms with Crippen molar-refractivity contribution in [3.8, 4) is 11.5 Å². The number of fused-ring (bicyclic) bond motifs is 1. The van der Waals surface area contributed by atoms with Crippen LogP contribution in [0.25, 0.3) is 11.0 Å². The second-order valence-electron chi connectivity index (χ2n) is 7.34. The number of hydrogen-bond donors (Lipinski definition) is 3. The van der Waals surface area contributed by atoms with Gasteiger partial charge in [-0.2, -0.15) is 0 Å². The van der Waals surface area contributed by atoms with Crippen LogP contribution < -0.4 is 5.63 Å². The van der Waals surface area contributed by atoms with E-state index in [9.17, 15) is 24.9 Å². The topological polar surface area (TPSA) is 108 Å². The van der Waals surface area contributed by atoms with E-state index in [-0.39, 0.29) is 28.5 Å². The minimum absolute atomic E-state index is 0.00745. The number of aliphatic hydroxyl groups is 1. The van der Waals surface area contributed by atoms with Crippen molar-refractivity contribution in [1.29, 1.82) is 0 Å². The first-order chi connectivity index (χ1) is 13.1. The van der Waals surface area contributed by atoms with E-state index in [0.717, 1.165) is 0 Å². The molecule has 0 aliphatic rings. The molecule has 6 heteroatoms. The summed E-state index contributed by atoms with van der Waals surface area (Å²) in [5.41, 5.74) is 0.286. The molecule has 0 saturated carbocycles. The number of Topliss-reactive ketones (excluding diaryl/α,β-unsaturated/α-hetero) is 1. The summed E-state index contributed by atoms with van der Waals surface area (Å²) in [7, 11) is 0. The van der Waals surface area contributed by atoms with Crippen molar-refractivity contribution >= 4 is 16.8 Å². The highest BCUT2D eigenvalue weighted by Crippen LogP contribution is 2.43. The molecule has 0 fully saturated rings. The zero-order chi connectivity index (χ0) is 21.2. The standard InChI is InChI=1S/C22H28O6/c1-6-8-13-9-16(24)28-22-14(10-15(23)11(3)4)20(26)18(21(27)17(13)22)19(25)12(5)7-2/h9,12,15,23,26-27H,3,6-8,10H2,1-2,4-5H3/t12-,15+/m1/s1. The minimum Gasteiger partial charge on any atom is -0.507 e. The lowest BCUT2D eigenvalue weighted by atomic mass is 9.89. The largest absolute Gasteiger partial charge is 0.507 e. The van der Waals surface area contributed by atoms with E-state index in [0.29, 0.717) is 30.4 Å². The van der Waals surface area contributed by atoms with Gasteiger partial charge < -0.3 is 19.7 Å². The molecule has 2 rings (SSSR count). The summed E-state index contributed by atoms with van der Waals surface area (Å²) in [6.45, 7) is 10.8. The number of phenols is 2. The molecule has 6 nitrogen and oxygen atoms in total. The summed E-state index contributed by atoms with van der Waals surface area (Å²) in [4.78, 5) is 24.9. The molecule has 3 N–H and O–H groups in total. The van der Waals surface area contributed by atoms with Gasteiger partial charge in [0, 0.05) is 24.0 Å². The van der Waals surface area contributed by atoms with E-state index in [1.54, 1.807) is 13.8 Å². The van der Waals surface area contributed by atoms with Gasteiger partial charge in [-0.3, -0.25) is 4.79 Å². The average molecular weight is 388 g/mol. The number of aromatic hydroxyl groups is 2. The number of aryl methyl sites for hydroxylation is 1. The summed E-state index contributed by atoms with van der Waals surface area (Å²) in [5, 5.41) is 32.2. The van der Waals surface area contributed by atoms with Gasteiger partial charge in [-0.25, -0.2) is 4.79 Å². The maximum atomic E-state index is 12.9. The predicted molar refractivity (Wildman–Crippen MR) is 108 cm³/mol. The van der Waals surface area contributed by atoms with Crippen molar-refractivity contribution in [2.45, 2.75) is 59.5 Å². The summed E-state index contributed by atoms with van der Waals surface area (Å²) in [6, 6.07) is 1.29. The van der Waals surface area contributed by atoms with Crippen molar-refractivity contribution in [3.63, 3.8) is 0 Å². The van der Waals surface area contributed by atoms with Crippen LogP contribution >= 0.6 is 0 Å². The van der Waals surface area contributed by atoms with E-state index in [1.165, 1.54) is 6.07 Å². The Labute approximate surface area is 164 Å². The van der Waals surface area contributed by atoms with Gasteiger partial charge in [0.1, 0.15) is 22.6 Å². The molecule has 2 atom stereocenters. The number of aliphatic hydroxyl groups excluding tert-OH is 1. The molecular weight excluding hydrogens is 360 g/mol. The summed E-state index contributed by atoms with van der Waals surface area (Å²) in [6.07, 6.45) is 0.616. The number of hydrogen-bond acceptors (Lipinski definition) is 6. The number of ketones is 1. The Kier molecular flexibility index (Phi) is 6.67. The van der Waals surface area contributed by atoms with E-state index in [1.807, 2.05) is 13.8 Å². The molecule has 1 aromatic carbocycles. The minimum atomic E-state index is -1.01. The van der Waals surface area contributed by atoms with Gasteiger partial charge in [0.2, 0.25) is 0 Å².